The number of aryl methyl sites for hydroxylation is 1. The summed E-state index contributed by atoms with van der Waals surface area (Å²) in [5.74, 6) is -1.22. The number of amides is 1. The molecule has 0 aliphatic carbocycles. The van der Waals surface area contributed by atoms with E-state index in [-0.39, 0.29) is 11.7 Å². The summed E-state index contributed by atoms with van der Waals surface area (Å²) in [6.07, 6.45) is 1.10. The first kappa shape index (κ1) is 18.8. The molecule has 1 fully saturated rings. The maximum atomic E-state index is 12.4. The summed E-state index contributed by atoms with van der Waals surface area (Å²) in [5, 5.41) is 9.64. The number of carboxylic acids is 1. The summed E-state index contributed by atoms with van der Waals surface area (Å²) in [6.45, 7) is 7.05. The molecule has 8 heteroatoms. The van der Waals surface area contributed by atoms with E-state index in [1.54, 1.807) is 22.5 Å². The van der Waals surface area contributed by atoms with Gasteiger partial charge in [0.15, 0.2) is 0 Å². The molecule has 0 atom stereocenters. The van der Waals surface area contributed by atoms with E-state index >= 15 is 0 Å². The maximum Gasteiger partial charge on any atom is 0.409 e. The van der Waals surface area contributed by atoms with E-state index in [2.05, 4.69) is 4.90 Å². The normalized spacial score (nSPS) is 14.4. The molecule has 8 nitrogen and oxygen atoms in total. The van der Waals surface area contributed by atoms with Gasteiger partial charge in [0, 0.05) is 50.0 Å². The zero-order chi connectivity index (χ0) is 19.6. The van der Waals surface area contributed by atoms with Crippen LogP contribution in [-0.4, -0.2) is 59.4 Å². The van der Waals surface area contributed by atoms with Crippen LogP contribution in [0.2, 0.25) is 0 Å². The van der Waals surface area contributed by atoms with Crippen LogP contribution in [0.1, 0.15) is 24.2 Å². The third-order valence-corrected chi connectivity index (χ3v) is 4.81. The maximum absolute atomic E-state index is 12.4. The molecule has 0 spiro atoms. The minimum Gasteiger partial charge on any atom is -0.477 e. The van der Waals surface area contributed by atoms with Crippen molar-refractivity contribution >= 4 is 28.7 Å². The lowest BCUT2D eigenvalue weighted by Crippen LogP contribution is -2.49. The highest BCUT2D eigenvalue weighted by atomic mass is 16.6. The Bertz CT molecular complexity index is 929. The quantitative estimate of drug-likeness (QED) is 0.881. The molecular formula is C19H23N3O5. The van der Waals surface area contributed by atoms with E-state index < -0.39 is 11.4 Å². The van der Waals surface area contributed by atoms with Gasteiger partial charge >= 0.3 is 12.1 Å². The molecule has 1 aliphatic rings. The van der Waals surface area contributed by atoms with Gasteiger partial charge in [-0.05, 0) is 32.0 Å². The summed E-state index contributed by atoms with van der Waals surface area (Å²) >= 11 is 0. The van der Waals surface area contributed by atoms with Crippen LogP contribution in [0.25, 0.3) is 10.9 Å². The average molecular weight is 373 g/mol. The van der Waals surface area contributed by atoms with Gasteiger partial charge in [-0.3, -0.25) is 4.79 Å². The zero-order valence-electron chi connectivity index (χ0n) is 15.5. The molecule has 27 heavy (non-hydrogen) atoms. The molecule has 1 N–H and O–H groups in total. The smallest absolute Gasteiger partial charge is 0.409 e. The van der Waals surface area contributed by atoms with Gasteiger partial charge in [0.2, 0.25) is 5.43 Å². The van der Waals surface area contributed by atoms with Crippen molar-refractivity contribution in [3.8, 4) is 0 Å². The van der Waals surface area contributed by atoms with Crippen molar-refractivity contribution < 1.29 is 19.4 Å². The summed E-state index contributed by atoms with van der Waals surface area (Å²) in [4.78, 5) is 39.4. The lowest BCUT2D eigenvalue weighted by atomic mass is 10.1. The van der Waals surface area contributed by atoms with Gasteiger partial charge in [0.05, 0.1) is 12.1 Å². The van der Waals surface area contributed by atoms with Crippen LogP contribution in [0.5, 0.6) is 0 Å². The average Bonchev–Trinajstić information content (AvgIpc) is 2.68. The van der Waals surface area contributed by atoms with E-state index in [1.165, 1.54) is 6.20 Å². The van der Waals surface area contributed by atoms with Gasteiger partial charge in [-0.15, -0.1) is 0 Å². The topological polar surface area (TPSA) is 92.1 Å². The van der Waals surface area contributed by atoms with Crippen molar-refractivity contribution in [3.05, 3.63) is 40.2 Å². The van der Waals surface area contributed by atoms with E-state index in [0.717, 1.165) is 5.69 Å². The molecule has 1 saturated heterocycles. The second-order valence-electron chi connectivity index (χ2n) is 6.34. The Kier molecular flexibility index (Phi) is 5.34. The Balaban J connectivity index is 1.89. The van der Waals surface area contributed by atoms with Crippen molar-refractivity contribution in [2.75, 3.05) is 37.7 Å². The van der Waals surface area contributed by atoms with Crippen LogP contribution in [0.15, 0.2) is 29.2 Å². The standard InChI is InChI=1S/C19H23N3O5/c1-3-20-12-15(18(24)25)17(23)14-6-5-13(11-16(14)20)21-7-9-22(10-8-21)19(26)27-4-2/h5-6,11-12H,3-4,7-10H2,1-2H3,(H,24,25). The Morgan fingerprint density at radius 1 is 1.15 bits per heavy atom. The van der Waals surface area contributed by atoms with Crippen LogP contribution in [0, 0.1) is 0 Å². The van der Waals surface area contributed by atoms with Gasteiger partial charge in [-0.2, -0.15) is 0 Å². The summed E-state index contributed by atoms with van der Waals surface area (Å²) in [6, 6.07) is 5.42. The number of nitrogens with zero attached hydrogens (tertiary/aromatic N) is 3. The van der Waals surface area contributed by atoms with Gasteiger partial charge < -0.3 is 24.2 Å². The van der Waals surface area contributed by atoms with Gasteiger partial charge in [0.25, 0.3) is 0 Å². The molecule has 0 saturated carbocycles. The number of ether oxygens (including phenoxy) is 1. The third-order valence-electron chi connectivity index (χ3n) is 4.81. The van der Waals surface area contributed by atoms with Crippen molar-refractivity contribution in [2.24, 2.45) is 0 Å². The van der Waals surface area contributed by atoms with E-state index in [9.17, 15) is 19.5 Å². The fourth-order valence-corrected chi connectivity index (χ4v) is 3.35. The SMILES string of the molecule is CCOC(=O)N1CCN(c2ccc3c(=O)c(C(=O)O)cn(CC)c3c2)CC1. The lowest BCUT2D eigenvalue weighted by molar-refractivity contribution is 0.0694. The molecular weight excluding hydrogens is 350 g/mol. The molecule has 3 rings (SSSR count). The van der Waals surface area contributed by atoms with Crippen molar-refractivity contribution in [1.82, 2.24) is 9.47 Å². The molecule has 0 bridgehead atoms. The molecule has 1 amide bonds. The fraction of sp³-hybridized carbons (Fsp3) is 0.421. The summed E-state index contributed by atoms with van der Waals surface area (Å²) in [7, 11) is 0. The van der Waals surface area contributed by atoms with E-state index in [0.29, 0.717) is 50.2 Å². The Hall–Kier alpha value is -3.03. The number of carbonyl (C=O) groups is 2. The zero-order valence-corrected chi connectivity index (χ0v) is 15.5. The van der Waals surface area contributed by atoms with Crippen molar-refractivity contribution in [2.45, 2.75) is 20.4 Å². The molecule has 0 radical (unpaired) electrons. The monoisotopic (exact) mass is 373 g/mol. The largest absolute Gasteiger partial charge is 0.477 e. The molecule has 0 unspecified atom stereocenters. The number of aromatic nitrogens is 1. The van der Waals surface area contributed by atoms with Crippen LogP contribution in [0.4, 0.5) is 10.5 Å². The molecule has 1 aromatic carbocycles. The molecule has 2 aromatic rings. The number of pyridine rings is 1. The number of rotatable bonds is 4. The molecule has 1 aliphatic heterocycles. The second kappa shape index (κ2) is 7.69. The number of carboxylic acid groups (broad SMARTS) is 1. The number of benzene rings is 1. The van der Waals surface area contributed by atoms with Crippen LogP contribution >= 0.6 is 0 Å². The Morgan fingerprint density at radius 2 is 1.85 bits per heavy atom. The number of piperazine rings is 1. The first-order chi connectivity index (χ1) is 13.0. The number of hydrogen-bond acceptors (Lipinski definition) is 5. The predicted molar refractivity (Wildman–Crippen MR) is 102 cm³/mol. The minimum atomic E-state index is -1.22. The minimum absolute atomic E-state index is 0.222. The fourth-order valence-electron chi connectivity index (χ4n) is 3.35. The second-order valence-corrected chi connectivity index (χ2v) is 6.34. The van der Waals surface area contributed by atoms with Crippen molar-refractivity contribution in [1.29, 1.82) is 0 Å². The highest BCUT2D eigenvalue weighted by Crippen LogP contribution is 2.22. The van der Waals surface area contributed by atoms with E-state index in [1.807, 2.05) is 19.1 Å². The van der Waals surface area contributed by atoms with Gasteiger partial charge in [-0.25, -0.2) is 9.59 Å². The Morgan fingerprint density at radius 3 is 2.44 bits per heavy atom. The molecule has 1 aromatic heterocycles. The van der Waals surface area contributed by atoms with Gasteiger partial charge in [0.1, 0.15) is 5.56 Å². The van der Waals surface area contributed by atoms with Crippen LogP contribution in [0.3, 0.4) is 0 Å². The Labute approximate surface area is 156 Å². The first-order valence-electron chi connectivity index (χ1n) is 9.03. The van der Waals surface area contributed by atoms with Crippen molar-refractivity contribution in [3.63, 3.8) is 0 Å². The number of hydrogen-bond donors (Lipinski definition) is 1. The number of fused-ring (bicyclic) bond motifs is 1. The first-order valence-corrected chi connectivity index (χ1v) is 9.03. The molecule has 2 heterocycles. The van der Waals surface area contributed by atoms with E-state index in [4.69, 9.17) is 4.74 Å². The highest BCUT2D eigenvalue weighted by Gasteiger charge is 2.23. The number of aromatic carboxylic acids is 1. The highest BCUT2D eigenvalue weighted by molar-refractivity contribution is 5.93. The lowest BCUT2D eigenvalue weighted by Gasteiger charge is -2.35. The summed E-state index contributed by atoms with van der Waals surface area (Å²) < 4.78 is 6.81. The molecule has 144 valence electrons. The number of carbonyl (C=O) groups excluding carboxylic acids is 1. The van der Waals surface area contributed by atoms with Crippen LogP contribution < -0.4 is 10.3 Å². The summed E-state index contributed by atoms with van der Waals surface area (Å²) in [5.41, 5.74) is 0.953. The van der Waals surface area contributed by atoms with Crippen LogP contribution in [-0.2, 0) is 11.3 Å². The predicted octanol–water partition coefficient (Wildman–Crippen LogP) is 2.00. The number of anilines is 1. The van der Waals surface area contributed by atoms with Gasteiger partial charge in [-0.1, -0.05) is 0 Å². The third kappa shape index (κ3) is 3.60.